The molecule has 0 spiro atoms. The average Bonchev–Trinajstić information content (AvgIpc) is 3.37. The first kappa shape index (κ1) is 23.1. The largest absolute Gasteiger partial charge is 0.298 e. The van der Waals surface area contributed by atoms with Crippen LogP contribution in [0.25, 0.3) is 16.8 Å². The Labute approximate surface area is 187 Å². The van der Waals surface area contributed by atoms with Crippen molar-refractivity contribution < 1.29 is 9.18 Å². The van der Waals surface area contributed by atoms with Gasteiger partial charge >= 0.3 is 0 Å². The summed E-state index contributed by atoms with van der Waals surface area (Å²) in [5.41, 5.74) is 4.72. The van der Waals surface area contributed by atoms with Crippen LogP contribution in [0.2, 0.25) is 0 Å². The van der Waals surface area contributed by atoms with Crippen LogP contribution in [0.5, 0.6) is 0 Å². The molecule has 6 heteroatoms. The van der Waals surface area contributed by atoms with Crippen molar-refractivity contribution in [1.82, 2.24) is 14.8 Å². The number of ketones is 1. The van der Waals surface area contributed by atoms with Gasteiger partial charge in [0.1, 0.15) is 10.8 Å². The summed E-state index contributed by atoms with van der Waals surface area (Å²) < 4.78 is 15.0. The van der Waals surface area contributed by atoms with Crippen LogP contribution >= 0.6 is 11.3 Å². The maximum absolute atomic E-state index is 13.3. The summed E-state index contributed by atoms with van der Waals surface area (Å²) in [5.74, 6) is -0.151. The van der Waals surface area contributed by atoms with Crippen LogP contribution in [0.4, 0.5) is 4.39 Å². The van der Waals surface area contributed by atoms with Crippen molar-refractivity contribution in [2.45, 2.75) is 66.3 Å². The van der Waals surface area contributed by atoms with E-state index in [0.717, 1.165) is 23.4 Å². The summed E-state index contributed by atoms with van der Waals surface area (Å²) >= 11 is 1.81. The minimum absolute atomic E-state index is 0.0691. The number of carbonyl (C=O) groups is 1. The Bertz CT molecular complexity index is 1080. The number of thiazole rings is 1. The van der Waals surface area contributed by atoms with Crippen LogP contribution in [-0.2, 0) is 17.8 Å². The van der Waals surface area contributed by atoms with Crippen molar-refractivity contribution in [3.05, 3.63) is 63.5 Å². The summed E-state index contributed by atoms with van der Waals surface area (Å²) in [6.45, 7) is 7.69. The Morgan fingerprint density at radius 2 is 2.03 bits per heavy atom. The smallest absolute Gasteiger partial charge is 0.151 e. The average molecular weight is 440 g/mol. The topological polar surface area (TPSA) is 47.8 Å². The van der Waals surface area contributed by atoms with Gasteiger partial charge in [0, 0.05) is 22.3 Å². The minimum Gasteiger partial charge on any atom is -0.298 e. The van der Waals surface area contributed by atoms with Crippen LogP contribution < -0.4 is 0 Å². The van der Waals surface area contributed by atoms with Crippen molar-refractivity contribution >= 4 is 22.7 Å². The number of hydrogen-bond donors (Lipinski definition) is 0. The first-order valence-corrected chi connectivity index (χ1v) is 11.6. The van der Waals surface area contributed by atoms with Gasteiger partial charge in [0.05, 0.1) is 12.2 Å². The highest BCUT2D eigenvalue weighted by atomic mass is 32.1. The number of Topliss-reactive ketones (excluding diaryl/α,β-unsaturated/α-hetero) is 1. The van der Waals surface area contributed by atoms with Crippen LogP contribution in [0.15, 0.2) is 36.5 Å². The van der Waals surface area contributed by atoms with E-state index in [1.54, 1.807) is 30.7 Å². The summed E-state index contributed by atoms with van der Waals surface area (Å²) in [7, 11) is 0. The van der Waals surface area contributed by atoms with Crippen LogP contribution in [-0.4, -0.2) is 20.5 Å². The molecule has 2 aromatic heterocycles. The monoisotopic (exact) mass is 439 g/mol. The van der Waals surface area contributed by atoms with Gasteiger partial charge in [0.2, 0.25) is 0 Å². The molecule has 0 N–H and O–H groups in total. The first-order valence-electron chi connectivity index (χ1n) is 10.8. The third-order valence-corrected chi connectivity index (χ3v) is 6.23. The van der Waals surface area contributed by atoms with E-state index < -0.39 is 0 Å². The zero-order chi connectivity index (χ0) is 22.4. The number of rotatable bonds is 5. The number of aromatic nitrogens is 3. The Balaban J connectivity index is 0.000000194. The molecule has 1 aliphatic carbocycles. The quantitative estimate of drug-likeness (QED) is 0.452. The lowest BCUT2D eigenvalue weighted by atomic mass is 10.0. The molecule has 0 aliphatic heterocycles. The van der Waals surface area contributed by atoms with Gasteiger partial charge in [0.15, 0.2) is 5.78 Å². The second-order valence-corrected chi connectivity index (χ2v) is 9.18. The number of benzene rings is 1. The molecule has 0 unspecified atom stereocenters. The minimum atomic E-state index is -0.220. The molecule has 31 heavy (non-hydrogen) atoms. The van der Waals surface area contributed by atoms with E-state index in [2.05, 4.69) is 23.1 Å². The molecule has 2 heterocycles. The van der Waals surface area contributed by atoms with E-state index in [9.17, 15) is 9.18 Å². The van der Waals surface area contributed by atoms with E-state index >= 15 is 0 Å². The van der Waals surface area contributed by atoms with Gasteiger partial charge in [0.25, 0.3) is 0 Å². The summed E-state index contributed by atoms with van der Waals surface area (Å²) in [5, 5.41) is 5.68. The molecule has 0 saturated carbocycles. The second kappa shape index (κ2) is 10.6. The van der Waals surface area contributed by atoms with Crippen molar-refractivity contribution in [3.8, 4) is 11.3 Å². The molecule has 0 saturated heterocycles. The molecule has 1 aromatic carbocycles. The zero-order valence-electron chi connectivity index (χ0n) is 18.7. The molecule has 0 bridgehead atoms. The lowest BCUT2D eigenvalue weighted by molar-refractivity contribution is -0.117. The van der Waals surface area contributed by atoms with E-state index in [-0.39, 0.29) is 18.1 Å². The summed E-state index contributed by atoms with van der Waals surface area (Å²) in [4.78, 5) is 16.9. The number of carbonyl (C=O) groups excluding carboxylic acids is 1. The molecular formula is C25H30FN3OS. The standard InChI is InChI=1S/C15H17FN2O.C10H13NS/c1-4-13-8-15(17-18(13)9-11(3)19)12-5-6-14(16)10(2)7-12;1-8-7-11-10(12-8)9-5-3-2-4-6-9/h5-8H,4,9H2,1-3H3;5,7H,2-4,6H2,1H3. The molecule has 1 aliphatic rings. The van der Waals surface area contributed by atoms with Gasteiger partial charge in [-0.3, -0.25) is 9.48 Å². The highest BCUT2D eigenvalue weighted by molar-refractivity contribution is 7.12. The van der Waals surface area contributed by atoms with Crippen molar-refractivity contribution in [2.24, 2.45) is 0 Å². The van der Waals surface area contributed by atoms with Gasteiger partial charge in [-0.2, -0.15) is 5.10 Å². The summed E-state index contributed by atoms with van der Waals surface area (Å²) in [6, 6.07) is 6.88. The molecule has 0 amide bonds. The third-order valence-electron chi connectivity index (χ3n) is 5.24. The highest BCUT2D eigenvalue weighted by Gasteiger charge is 2.11. The van der Waals surface area contributed by atoms with Crippen LogP contribution in [0.3, 0.4) is 0 Å². The van der Waals surface area contributed by atoms with E-state index in [0.29, 0.717) is 5.56 Å². The Morgan fingerprint density at radius 1 is 1.23 bits per heavy atom. The Kier molecular flexibility index (Phi) is 7.91. The highest BCUT2D eigenvalue weighted by Crippen LogP contribution is 2.29. The molecule has 0 fully saturated rings. The maximum Gasteiger partial charge on any atom is 0.151 e. The number of halogens is 1. The summed E-state index contributed by atoms with van der Waals surface area (Å²) in [6.07, 6.45) is 10.3. The number of hydrogen-bond acceptors (Lipinski definition) is 4. The van der Waals surface area contributed by atoms with Gasteiger partial charge in [-0.15, -0.1) is 11.3 Å². The third kappa shape index (κ3) is 6.20. The Morgan fingerprint density at radius 3 is 2.61 bits per heavy atom. The lowest BCUT2D eigenvalue weighted by Gasteiger charge is -2.08. The maximum atomic E-state index is 13.3. The van der Waals surface area contributed by atoms with Crippen LogP contribution in [0.1, 0.15) is 60.7 Å². The van der Waals surface area contributed by atoms with E-state index in [1.165, 1.54) is 47.2 Å². The van der Waals surface area contributed by atoms with Crippen molar-refractivity contribution in [1.29, 1.82) is 0 Å². The zero-order valence-corrected chi connectivity index (χ0v) is 19.6. The number of allylic oxidation sites excluding steroid dienone is 2. The fourth-order valence-electron chi connectivity index (χ4n) is 3.57. The predicted octanol–water partition coefficient (Wildman–Crippen LogP) is 6.56. The predicted molar refractivity (Wildman–Crippen MR) is 126 cm³/mol. The molecule has 0 atom stereocenters. The van der Waals surface area contributed by atoms with Gasteiger partial charge in [-0.05, 0) is 88.3 Å². The lowest BCUT2D eigenvalue weighted by Crippen LogP contribution is -2.10. The molecule has 3 aromatic rings. The normalized spacial score (nSPS) is 13.4. The number of nitrogens with zero attached hydrogens (tertiary/aromatic N) is 3. The Hall–Kier alpha value is -2.60. The molecule has 164 valence electrons. The van der Waals surface area contributed by atoms with Crippen molar-refractivity contribution in [2.75, 3.05) is 0 Å². The van der Waals surface area contributed by atoms with Gasteiger partial charge < -0.3 is 0 Å². The molecule has 0 radical (unpaired) electrons. The fourth-order valence-corrected chi connectivity index (χ4v) is 4.40. The van der Waals surface area contributed by atoms with Crippen LogP contribution in [0, 0.1) is 19.7 Å². The fraction of sp³-hybridized carbons (Fsp3) is 0.400. The van der Waals surface area contributed by atoms with Crippen molar-refractivity contribution in [3.63, 3.8) is 0 Å². The second-order valence-electron chi connectivity index (χ2n) is 7.95. The number of aryl methyl sites for hydroxylation is 3. The molecule has 4 nitrogen and oxygen atoms in total. The molecule has 4 rings (SSSR count). The first-order chi connectivity index (χ1) is 14.9. The van der Waals surface area contributed by atoms with E-state index in [4.69, 9.17) is 0 Å². The van der Waals surface area contributed by atoms with Gasteiger partial charge in [-0.25, -0.2) is 9.37 Å². The van der Waals surface area contributed by atoms with Gasteiger partial charge in [-0.1, -0.05) is 13.0 Å². The SMILES string of the molecule is CCc1cc(-c2ccc(F)c(C)c2)nn1CC(C)=O.Cc1cnc(C2=CCCCC2)s1. The molecular weight excluding hydrogens is 409 g/mol. The van der Waals surface area contributed by atoms with E-state index in [1.807, 2.05) is 30.5 Å².